The van der Waals surface area contributed by atoms with Gasteiger partial charge in [-0.1, -0.05) is 6.92 Å². The molecule has 0 aliphatic rings. The first kappa shape index (κ1) is 11.6. The van der Waals surface area contributed by atoms with Crippen molar-refractivity contribution in [1.29, 1.82) is 0 Å². The molecule has 5 nitrogen and oxygen atoms in total. The Morgan fingerprint density at radius 1 is 1.18 bits per heavy atom. The van der Waals surface area contributed by atoms with Crippen LogP contribution < -0.4 is 5.73 Å². The topological polar surface area (TPSA) is 84.9 Å². The Labute approximate surface area is 99.4 Å². The maximum Gasteiger partial charge on any atom is 0.181 e. The van der Waals surface area contributed by atoms with Crippen LogP contribution >= 0.6 is 0 Å². The minimum atomic E-state index is -1.59. The van der Waals surface area contributed by atoms with Gasteiger partial charge in [-0.2, -0.15) is 0 Å². The second-order valence-electron chi connectivity index (χ2n) is 3.90. The van der Waals surface area contributed by atoms with E-state index in [0.29, 0.717) is 0 Å². The van der Waals surface area contributed by atoms with E-state index in [4.69, 9.17) is 5.73 Å². The zero-order valence-corrected chi connectivity index (χ0v) is 9.49. The van der Waals surface area contributed by atoms with Crippen molar-refractivity contribution in [2.24, 2.45) is 5.73 Å². The molecule has 2 aromatic rings. The third-order valence-electron chi connectivity index (χ3n) is 2.79. The van der Waals surface area contributed by atoms with E-state index in [-0.39, 0.29) is 11.7 Å². The molecule has 17 heavy (non-hydrogen) atoms. The second kappa shape index (κ2) is 4.57. The molecule has 0 aliphatic heterocycles. The summed E-state index contributed by atoms with van der Waals surface area (Å²) in [6.45, 7) is 1.83. The van der Waals surface area contributed by atoms with Crippen LogP contribution in [-0.4, -0.2) is 20.1 Å². The molecule has 5 heteroatoms. The lowest BCUT2D eigenvalue weighted by atomic mass is 9.90. The molecule has 0 bridgehead atoms. The summed E-state index contributed by atoms with van der Waals surface area (Å²) in [7, 11) is 0. The van der Waals surface area contributed by atoms with E-state index < -0.39 is 5.72 Å². The largest absolute Gasteiger partial charge is 0.368 e. The van der Waals surface area contributed by atoms with Gasteiger partial charge < -0.3 is 5.11 Å². The summed E-state index contributed by atoms with van der Waals surface area (Å²) >= 11 is 0. The van der Waals surface area contributed by atoms with E-state index in [1.807, 2.05) is 19.1 Å². The van der Waals surface area contributed by atoms with Gasteiger partial charge in [0.1, 0.15) is 0 Å². The number of rotatable bonds is 3. The van der Waals surface area contributed by atoms with E-state index in [1.54, 1.807) is 30.9 Å². The van der Waals surface area contributed by atoms with E-state index in [0.717, 1.165) is 5.56 Å². The molecule has 0 radical (unpaired) electrons. The molecule has 3 N–H and O–H groups in total. The Morgan fingerprint density at radius 3 is 2.35 bits per heavy atom. The van der Waals surface area contributed by atoms with Gasteiger partial charge >= 0.3 is 0 Å². The summed E-state index contributed by atoms with van der Waals surface area (Å²) in [4.78, 5) is 11.9. The molecule has 0 aliphatic carbocycles. The highest BCUT2D eigenvalue weighted by Crippen LogP contribution is 2.29. The first-order valence-electron chi connectivity index (χ1n) is 5.31. The third-order valence-corrected chi connectivity index (χ3v) is 2.79. The molecule has 0 spiro atoms. The fraction of sp³-hybridized carbons (Fsp3) is 0.250. The van der Waals surface area contributed by atoms with Gasteiger partial charge in [-0.15, -0.1) is 0 Å². The van der Waals surface area contributed by atoms with Crippen LogP contribution in [0.25, 0.3) is 0 Å². The van der Waals surface area contributed by atoms with Crippen LogP contribution in [0.4, 0.5) is 0 Å². The third kappa shape index (κ3) is 2.30. The number of hydrogen-bond acceptors (Lipinski definition) is 5. The van der Waals surface area contributed by atoms with Crippen LogP contribution in [0.1, 0.15) is 24.2 Å². The lowest BCUT2D eigenvalue weighted by molar-refractivity contribution is 0.0101. The first-order valence-corrected chi connectivity index (χ1v) is 5.31. The predicted octanol–water partition coefficient (Wildman–Crippen LogP) is 0.779. The molecule has 0 saturated carbocycles. The van der Waals surface area contributed by atoms with Crippen LogP contribution in [0.15, 0.2) is 43.0 Å². The fourth-order valence-electron chi connectivity index (χ4n) is 1.61. The van der Waals surface area contributed by atoms with Crippen molar-refractivity contribution in [1.82, 2.24) is 15.0 Å². The average Bonchev–Trinajstić information content (AvgIpc) is 2.40. The van der Waals surface area contributed by atoms with Gasteiger partial charge in [-0.3, -0.25) is 10.7 Å². The monoisotopic (exact) mass is 230 g/mol. The quantitative estimate of drug-likeness (QED) is 0.761. The molecule has 2 unspecified atom stereocenters. The molecule has 2 aromatic heterocycles. The predicted molar refractivity (Wildman–Crippen MR) is 62.8 cm³/mol. The Bertz CT molecular complexity index is 472. The number of aliphatic hydroxyl groups is 1. The highest BCUT2D eigenvalue weighted by Gasteiger charge is 2.35. The van der Waals surface area contributed by atoms with Crippen molar-refractivity contribution in [3.63, 3.8) is 0 Å². The first-order chi connectivity index (χ1) is 8.12. The van der Waals surface area contributed by atoms with Crippen LogP contribution in [0.5, 0.6) is 0 Å². The minimum absolute atomic E-state index is 0.212. The van der Waals surface area contributed by atoms with Crippen molar-refractivity contribution >= 4 is 0 Å². The highest BCUT2D eigenvalue weighted by molar-refractivity contribution is 5.21. The van der Waals surface area contributed by atoms with E-state index in [2.05, 4.69) is 15.0 Å². The minimum Gasteiger partial charge on any atom is -0.368 e. The van der Waals surface area contributed by atoms with Crippen molar-refractivity contribution in [2.45, 2.75) is 18.6 Å². The number of pyridine rings is 1. The lowest BCUT2D eigenvalue weighted by Gasteiger charge is -2.28. The maximum atomic E-state index is 10.3. The van der Waals surface area contributed by atoms with E-state index in [1.165, 1.54) is 0 Å². The standard InChI is InChI=1S/C12H14N4O/c1-9(10-3-7-14-8-4-10)12(13,17)11-15-5-2-6-16-11/h2-9,17H,13H2,1H3. The number of nitrogens with zero attached hydrogens (tertiary/aromatic N) is 3. The molecule has 2 rings (SSSR count). The molecule has 0 amide bonds. The summed E-state index contributed by atoms with van der Waals surface area (Å²) in [6, 6.07) is 5.30. The molecular formula is C12H14N4O. The van der Waals surface area contributed by atoms with Gasteiger partial charge in [0, 0.05) is 30.7 Å². The molecule has 2 atom stereocenters. The average molecular weight is 230 g/mol. The lowest BCUT2D eigenvalue weighted by Crippen LogP contribution is -2.43. The number of hydrogen-bond donors (Lipinski definition) is 2. The van der Waals surface area contributed by atoms with Gasteiger partial charge in [0.2, 0.25) is 0 Å². The summed E-state index contributed by atoms with van der Waals surface area (Å²) in [5.41, 5.74) is 5.22. The van der Waals surface area contributed by atoms with Gasteiger partial charge in [0.25, 0.3) is 0 Å². The maximum absolute atomic E-state index is 10.3. The van der Waals surface area contributed by atoms with Crippen LogP contribution in [-0.2, 0) is 5.72 Å². The number of aromatic nitrogens is 3. The molecule has 2 heterocycles. The summed E-state index contributed by atoms with van der Waals surface area (Å²) in [5.74, 6) is -0.114. The van der Waals surface area contributed by atoms with Crippen LogP contribution in [0, 0.1) is 0 Å². The van der Waals surface area contributed by atoms with Crippen LogP contribution in [0.2, 0.25) is 0 Å². The van der Waals surface area contributed by atoms with Gasteiger partial charge in [-0.05, 0) is 23.8 Å². The SMILES string of the molecule is CC(c1ccncc1)C(N)(O)c1ncccn1. The van der Waals surface area contributed by atoms with Crippen molar-refractivity contribution in [2.75, 3.05) is 0 Å². The normalized spacial score (nSPS) is 16.2. The van der Waals surface area contributed by atoms with Crippen LogP contribution in [0.3, 0.4) is 0 Å². The summed E-state index contributed by atoms with van der Waals surface area (Å²) < 4.78 is 0. The van der Waals surface area contributed by atoms with E-state index in [9.17, 15) is 5.11 Å². The zero-order valence-electron chi connectivity index (χ0n) is 9.49. The van der Waals surface area contributed by atoms with Gasteiger partial charge in [0.05, 0.1) is 0 Å². The summed E-state index contributed by atoms with van der Waals surface area (Å²) in [6.07, 6.45) is 6.43. The molecular weight excluding hydrogens is 216 g/mol. The fourth-order valence-corrected chi connectivity index (χ4v) is 1.61. The summed E-state index contributed by atoms with van der Waals surface area (Å²) in [5, 5.41) is 10.3. The van der Waals surface area contributed by atoms with Crippen molar-refractivity contribution in [3.05, 3.63) is 54.4 Å². The Kier molecular flexibility index (Phi) is 3.12. The Hall–Kier alpha value is -1.85. The Morgan fingerprint density at radius 2 is 1.76 bits per heavy atom. The highest BCUT2D eigenvalue weighted by atomic mass is 16.3. The van der Waals surface area contributed by atoms with Gasteiger partial charge in [-0.25, -0.2) is 9.97 Å². The number of nitrogens with two attached hydrogens (primary N) is 1. The molecule has 0 fully saturated rings. The molecule has 88 valence electrons. The van der Waals surface area contributed by atoms with Gasteiger partial charge in [0.15, 0.2) is 11.5 Å². The zero-order chi connectivity index (χ0) is 12.3. The smallest absolute Gasteiger partial charge is 0.181 e. The van der Waals surface area contributed by atoms with Crippen molar-refractivity contribution in [3.8, 4) is 0 Å². The van der Waals surface area contributed by atoms with E-state index >= 15 is 0 Å². The van der Waals surface area contributed by atoms with Crippen molar-refractivity contribution < 1.29 is 5.11 Å². The molecule has 0 saturated heterocycles. The molecule has 0 aromatic carbocycles. The second-order valence-corrected chi connectivity index (χ2v) is 3.90. The Balaban J connectivity index is 2.33.